The van der Waals surface area contributed by atoms with E-state index in [0.717, 1.165) is 43.7 Å². The fourth-order valence-electron chi connectivity index (χ4n) is 3.36. The Morgan fingerprint density at radius 1 is 1.29 bits per heavy atom. The van der Waals surface area contributed by atoms with Crippen molar-refractivity contribution >= 4 is 5.91 Å². The van der Waals surface area contributed by atoms with Crippen LogP contribution in [0.4, 0.5) is 0 Å². The molecule has 1 fully saturated rings. The lowest BCUT2D eigenvalue weighted by Gasteiger charge is -2.23. The number of benzene rings is 1. The number of amides is 1. The molecule has 0 spiro atoms. The molecule has 1 atom stereocenters. The molecule has 3 heterocycles. The lowest BCUT2D eigenvalue weighted by Crippen LogP contribution is -2.30. The number of carbonyl (C=O) groups excluding carboxylic acids is 1. The first-order valence-electron chi connectivity index (χ1n) is 8.42. The van der Waals surface area contributed by atoms with E-state index in [4.69, 9.17) is 14.0 Å². The Hall–Kier alpha value is -2.50. The highest BCUT2D eigenvalue weighted by Gasteiger charge is 2.33. The minimum Gasteiger partial charge on any atom is -0.454 e. The van der Waals surface area contributed by atoms with Crippen LogP contribution >= 0.6 is 0 Å². The van der Waals surface area contributed by atoms with Gasteiger partial charge in [0.1, 0.15) is 11.5 Å². The number of ether oxygens (including phenoxy) is 2. The minimum atomic E-state index is -0.0164. The second kappa shape index (κ2) is 6.19. The summed E-state index contributed by atoms with van der Waals surface area (Å²) in [5, 5.41) is 4.19. The highest BCUT2D eigenvalue weighted by molar-refractivity contribution is 5.95. The highest BCUT2D eigenvalue weighted by Crippen LogP contribution is 2.36. The van der Waals surface area contributed by atoms with Gasteiger partial charge >= 0.3 is 0 Å². The largest absolute Gasteiger partial charge is 0.454 e. The quantitative estimate of drug-likeness (QED) is 0.861. The normalized spacial score (nSPS) is 19.0. The molecule has 0 N–H and O–H groups in total. The Kier molecular flexibility index (Phi) is 3.88. The van der Waals surface area contributed by atoms with Crippen LogP contribution in [-0.4, -0.2) is 29.3 Å². The van der Waals surface area contributed by atoms with Gasteiger partial charge in [-0.25, -0.2) is 0 Å². The van der Waals surface area contributed by atoms with E-state index in [9.17, 15) is 4.79 Å². The Balaban J connectivity index is 1.56. The molecule has 24 heavy (non-hydrogen) atoms. The molecule has 126 valence electrons. The molecule has 0 saturated carbocycles. The van der Waals surface area contributed by atoms with E-state index >= 15 is 0 Å². The van der Waals surface area contributed by atoms with E-state index in [1.807, 2.05) is 11.0 Å². The van der Waals surface area contributed by atoms with Gasteiger partial charge in [0.25, 0.3) is 5.91 Å². The van der Waals surface area contributed by atoms with Crippen molar-refractivity contribution in [1.82, 2.24) is 10.1 Å². The Morgan fingerprint density at radius 2 is 2.17 bits per heavy atom. The Bertz CT molecular complexity index is 755. The molecule has 1 aromatic carbocycles. The van der Waals surface area contributed by atoms with Crippen LogP contribution in [0.15, 0.2) is 28.8 Å². The van der Waals surface area contributed by atoms with E-state index in [1.54, 1.807) is 18.2 Å². The maximum Gasteiger partial charge on any atom is 0.254 e. The van der Waals surface area contributed by atoms with Crippen molar-refractivity contribution in [3.05, 3.63) is 41.3 Å². The van der Waals surface area contributed by atoms with Crippen molar-refractivity contribution in [2.75, 3.05) is 13.3 Å². The Labute approximate surface area is 140 Å². The number of rotatable bonds is 4. The number of hydrogen-bond donors (Lipinski definition) is 0. The number of nitrogens with zero attached hydrogens (tertiary/aromatic N) is 2. The maximum atomic E-state index is 12.9. The predicted molar refractivity (Wildman–Crippen MR) is 86.1 cm³/mol. The van der Waals surface area contributed by atoms with Crippen LogP contribution in [0.2, 0.25) is 0 Å². The van der Waals surface area contributed by atoms with E-state index in [0.29, 0.717) is 17.1 Å². The van der Waals surface area contributed by atoms with E-state index in [1.165, 1.54) is 0 Å². The predicted octanol–water partition coefficient (Wildman–Crippen LogP) is 3.33. The zero-order chi connectivity index (χ0) is 16.5. The number of aromatic nitrogens is 1. The highest BCUT2D eigenvalue weighted by atomic mass is 16.7. The number of carbonyl (C=O) groups is 1. The van der Waals surface area contributed by atoms with Crippen molar-refractivity contribution in [3.8, 4) is 11.5 Å². The lowest BCUT2D eigenvalue weighted by atomic mass is 10.1. The molecule has 0 unspecified atom stereocenters. The summed E-state index contributed by atoms with van der Waals surface area (Å²) in [4.78, 5) is 14.8. The second-order valence-corrected chi connectivity index (χ2v) is 6.19. The maximum absolute atomic E-state index is 12.9. The van der Waals surface area contributed by atoms with Gasteiger partial charge in [0, 0.05) is 24.6 Å². The summed E-state index contributed by atoms with van der Waals surface area (Å²) < 4.78 is 16.1. The SMILES string of the molecule is CCCc1cc([C@H]2CCCN2C(=O)c2ccc3c(c2)OCO3)no1. The summed E-state index contributed by atoms with van der Waals surface area (Å²) >= 11 is 0. The topological polar surface area (TPSA) is 64.8 Å². The van der Waals surface area contributed by atoms with Gasteiger partial charge in [0.2, 0.25) is 6.79 Å². The van der Waals surface area contributed by atoms with Crippen LogP contribution in [0.25, 0.3) is 0 Å². The zero-order valence-electron chi connectivity index (χ0n) is 13.7. The third-order valence-electron chi connectivity index (χ3n) is 4.55. The molecular weight excluding hydrogens is 308 g/mol. The van der Waals surface area contributed by atoms with Gasteiger partial charge in [0.15, 0.2) is 11.5 Å². The van der Waals surface area contributed by atoms with Crippen LogP contribution in [0.3, 0.4) is 0 Å². The van der Waals surface area contributed by atoms with Gasteiger partial charge in [-0.3, -0.25) is 4.79 Å². The summed E-state index contributed by atoms with van der Waals surface area (Å²) in [5.74, 6) is 2.19. The second-order valence-electron chi connectivity index (χ2n) is 6.19. The van der Waals surface area contributed by atoms with Gasteiger partial charge < -0.3 is 18.9 Å². The molecule has 1 aromatic heterocycles. The molecule has 2 aromatic rings. The van der Waals surface area contributed by atoms with Crippen molar-refractivity contribution in [2.45, 2.75) is 38.6 Å². The van der Waals surface area contributed by atoms with E-state index in [2.05, 4.69) is 12.1 Å². The summed E-state index contributed by atoms with van der Waals surface area (Å²) in [7, 11) is 0. The third kappa shape index (κ3) is 2.62. The van der Waals surface area contributed by atoms with Crippen LogP contribution in [0.1, 0.15) is 54.0 Å². The molecule has 2 aliphatic rings. The summed E-state index contributed by atoms with van der Waals surface area (Å²) in [5.41, 5.74) is 1.47. The fraction of sp³-hybridized carbons (Fsp3) is 0.444. The third-order valence-corrected chi connectivity index (χ3v) is 4.55. The zero-order valence-corrected chi connectivity index (χ0v) is 13.7. The molecular formula is C18H20N2O4. The average Bonchev–Trinajstić information content (AvgIpc) is 3.33. The monoisotopic (exact) mass is 328 g/mol. The van der Waals surface area contributed by atoms with Crippen LogP contribution in [-0.2, 0) is 6.42 Å². The molecule has 6 heteroatoms. The number of likely N-dealkylation sites (tertiary alicyclic amines) is 1. The van der Waals surface area contributed by atoms with Crippen molar-refractivity contribution in [1.29, 1.82) is 0 Å². The van der Waals surface area contributed by atoms with Crippen LogP contribution in [0, 0.1) is 0 Å². The minimum absolute atomic E-state index is 0.00385. The van der Waals surface area contributed by atoms with Gasteiger partial charge in [0.05, 0.1) is 6.04 Å². The summed E-state index contributed by atoms with van der Waals surface area (Å²) in [6.45, 7) is 3.04. The van der Waals surface area contributed by atoms with Gasteiger partial charge in [-0.1, -0.05) is 12.1 Å². The molecule has 1 saturated heterocycles. The first kappa shape index (κ1) is 15.1. The van der Waals surface area contributed by atoms with Gasteiger partial charge in [-0.15, -0.1) is 0 Å². The standard InChI is InChI=1S/C18H20N2O4/c1-2-4-13-10-14(19-24-13)15-5-3-8-20(15)18(21)12-6-7-16-17(9-12)23-11-22-16/h6-7,9-10,15H,2-5,8,11H2,1H3/t15-/m1/s1. The van der Waals surface area contributed by atoms with E-state index < -0.39 is 0 Å². The molecule has 6 nitrogen and oxygen atoms in total. The average molecular weight is 328 g/mol. The van der Waals surface area contributed by atoms with E-state index in [-0.39, 0.29) is 18.7 Å². The van der Waals surface area contributed by atoms with Crippen LogP contribution < -0.4 is 9.47 Å². The smallest absolute Gasteiger partial charge is 0.254 e. The number of aryl methyl sites for hydroxylation is 1. The molecule has 1 amide bonds. The number of fused-ring (bicyclic) bond motifs is 1. The van der Waals surface area contributed by atoms with Crippen LogP contribution in [0.5, 0.6) is 11.5 Å². The van der Waals surface area contributed by atoms with Crippen molar-refractivity contribution < 1.29 is 18.8 Å². The van der Waals surface area contributed by atoms with Gasteiger partial charge in [-0.05, 0) is 37.5 Å². The first-order valence-corrected chi connectivity index (χ1v) is 8.42. The van der Waals surface area contributed by atoms with Gasteiger partial charge in [-0.2, -0.15) is 0 Å². The Morgan fingerprint density at radius 3 is 3.04 bits per heavy atom. The van der Waals surface area contributed by atoms with Crippen molar-refractivity contribution in [3.63, 3.8) is 0 Å². The lowest BCUT2D eigenvalue weighted by molar-refractivity contribution is 0.0730. The molecule has 4 rings (SSSR count). The number of hydrogen-bond acceptors (Lipinski definition) is 5. The molecule has 0 radical (unpaired) electrons. The summed E-state index contributed by atoms with van der Waals surface area (Å²) in [6.07, 6.45) is 3.76. The van der Waals surface area contributed by atoms with Crippen molar-refractivity contribution in [2.24, 2.45) is 0 Å². The fourth-order valence-corrected chi connectivity index (χ4v) is 3.36. The molecule has 0 bridgehead atoms. The molecule has 2 aliphatic heterocycles. The first-order chi connectivity index (χ1) is 11.8. The molecule has 0 aliphatic carbocycles. The summed E-state index contributed by atoms with van der Waals surface area (Å²) in [6, 6.07) is 7.30.